The lowest BCUT2D eigenvalue weighted by Crippen LogP contribution is -2.45. The number of rotatable bonds is 6. The molecule has 1 amide bonds. The van der Waals surface area contributed by atoms with Gasteiger partial charge in [-0.25, -0.2) is 0 Å². The van der Waals surface area contributed by atoms with E-state index in [0.29, 0.717) is 30.0 Å². The molecule has 0 aromatic heterocycles. The number of fused-ring (bicyclic) bond motifs is 2. The molecule has 1 saturated carbocycles. The number of hydrogen-bond acceptors (Lipinski definition) is 5. The first-order valence-corrected chi connectivity index (χ1v) is 12.4. The van der Waals surface area contributed by atoms with Crippen molar-refractivity contribution in [2.24, 2.45) is 10.9 Å². The maximum Gasteiger partial charge on any atom is 0.303 e. The second kappa shape index (κ2) is 10.4. The van der Waals surface area contributed by atoms with Gasteiger partial charge in [-0.3, -0.25) is 19.4 Å². The number of carbonyl (C=O) groups excluding carboxylic acids is 2. The van der Waals surface area contributed by atoms with E-state index in [4.69, 9.17) is 9.73 Å². The number of carbonyl (C=O) groups is 3. The molecule has 0 spiro atoms. The van der Waals surface area contributed by atoms with Gasteiger partial charge in [0.05, 0.1) is 36.9 Å². The van der Waals surface area contributed by atoms with Crippen molar-refractivity contribution in [1.29, 1.82) is 0 Å². The molecular weight excluding hydrogens is 468 g/mol. The molecule has 1 N–H and O–H groups in total. The van der Waals surface area contributed by atoms with Gasteiger partial charge >= 0.3 is 5.97 Å². The molecule has 7 nitrogen and oxygen atoms in total. The summed E-state index contributed by atoms with van der Waals surface area (Å²) in [5.41, 5.74) is 3.72. The Morgan fingerprint density at radius 3 is 2.43 bits per heavy atom. The highest BCUT2D eigenvalue weighted by Crippen LogP contribution is 2.47. The summed E-state index contributed by atoms with van der Waals surface area (Å²) in [6.07, 6.45) is 0.436. The third-order valence-corrected chi connectivity index (χ3v) is 7.14. The highest BCUT2D eigenvalue weighted by Gasteiger charge is 2.46. The van der Waals surface area contributed by atoms with Crippen molar-refractivity contribution >= 4 is 34.7 Å². The van der Waals surface area contributed by atoms with Crippen LogP contribution in [0.2, 0.25) is 0 Å². The summed E-state index contributed by atoms with van der Waals surface area (Å²) in [5, 5.41) is 9.27. The quantitative estimate of drug-likeness (QED) is 0.487. The van der Waals surface area contributed by atoms with Gasteiger partial charge in [0, 0.05) is 18.6 Å². The Labute approximate surface area is 215 Å². The third kappa shape index (κ3) is 4.89. The third-order valence-electron chi connectivity index (χ3n) is 7.14. The van der Waals surface area contributed by atoms with E-state index < -0.39 is 17.9 Å². The molecule has 3 aromatic rings. The zero-order valence-electron chi connectivity index (χ0n) is 20.5. The largest absolute Gasteiger partial charge is 0.497 e. The minimum atomic E-state index is -1.05. The molecule has 5 rings (SSSR count). The Morgan fingerprint density at radius 2 is 1.68 bits per heavy atom. The maximum atomic E-state index is 13.9. The van der Waals surface area contributed by atoms with Gasteiger partial charge in [0.25, 0.3) is 0 Å². The molecule has 0 unspecified atom stereocenters. The van der Waals surface area contributed by atoms with Crippen molar-refractivity contribution in [3.63, 3.8) is 0 Å². The van der Waals surface area contributed by atoms with Crippen molar-refractivity contribution in [2.45, 2.75) is 37.6 Å². The van der Waals surface area contributed by atoms with Crippen LogP contribution in [0.1, 0.15) is 48.8 Å². The number of carboxylic acids is 1. The Kier molecular flexibility index (Phi) is 6.86. The first-order valence-electron chi connectivity index (χ1n) is 12.4. The number of aliphatic imine (C=N–C) groups is 1. The van der Waals surface area contributed by atoms with Gasteiger partial charge in [-0.1, -0.05) is 54.6 Å². The van der Waals surface area contributed by atoms with Gasteiger partial charge in [-0.2, -0.15) is 0 Å². The molecule has 7 heteroatoms. The van der Waals surface area contributed by atoms with Gasteiger partial charge in [0.1, 0.15) is 11.5 Å². The lowest BCUT2D eigenvalue weighted by Gasteiger charge is -2.39. The number of hydrogen-bond donors (Lipinski definition) is 1. The van der Waals surface area contributed by atoms with E-state index in [9.17, 15) is 19.5 Å². The average molecular weight is 497 g/mol. The lowest BCUT2D eigenvalue weighted by molar-refractivity contribution is -0.138. The number of para-hydroxylation sites is 2. The number of amides is 1. The second-order valence-corrected chi connectivity index (χ2v) is 9.43. The van der Waals surface area contributed by atoms with Crippen molar-refractivity contribution in [2.75, 3.05) is 12.0 Å². The summed E-state index contributed by atoms with van der Waals surface area (Å²) in [6.45, 7) is 0. The average Bonchev–Trinajstić information content (AvgIpc) is 3.07. The first-order chi connectivity index (χ1) is 18.0. The Morgan fingerprint density at radius 1 is 0.946 bits per heavy atom. The SMILES string of the molecule is COc1cccc([C@H]2[C@H]3C(=O)C[C@H](c4ccccc4)CC3=Nc3ccccc3N2C(=O)CCC(=O)O)c1. The summed E-state index contributed by atoms with van der Waals surface area (Å²) in [5.74, 6) is -1.46. The van der Waals surface area contributed by atoms with Crippen LogP contribution in [0.25, 0.3) is 0 Å². The normalized spacial score (nSPS) is 20.8. The summed E-state index contributed by atoms with van der Waals surface area (Å²) in [4.78, 5) is 45.5. The molecule has 3 atom stereocenters. The van der Waals surface area contributed by atoms with E-state index in [-0.39, 0.29) is 30.4 Å². The fraction of sp³-hybridized carbons (Fsp3) is 0.267. The molecule has 188 valence electrons. The highest BCUT2D eigenvalue weighted by atomic mass is 16.5. The topological polar surface area (TPSA) is 96.3 Å². The van der Waals surface area contributed by atoms with Crippen molar-refractivity contribution in [1.82, 2.24) is 0 Å². The molecular formula is C30H28N2O5. The zero-order valence-corrected chi connectivity index (χ0v) is 20.5. The molecule has 1 aliphatic carbocycles. The lowest BCUT2D eigenvalue weighted by atomic mass is 9.72. The zero-order chi connectivity index (χ0) is 25.9. The van der Waals surface area contributed by atoms with Crippen LogP contribution in [0.5, 0.6) is 5.75 Å². The summed E-state index contributed by atoms with van der Waals surface area (Å²) in [7, 11) is 1.57. The molecule has 0 bridgehead atoms. The van der Waals surface area contributed by atoms with Gasteiger partial charge < -0.3 is 14.7 Å². The number of ether oxygens (including phenoxy) is 1. The second-order valence-electron chi connectivity index (χ2n) is 9.43. The van der Waals surface area contributed by atoms with Crippen molar-refractivity contribution < 1.29 is 24.2 Å². The summed E-state index contributed by atoms with van der Waals surface area (Å²) < 4.78 is 5.46. The van der Waals surface area contributed by atoms with Crippen LogP contribution < -0.4 is 9.64 Å². The van der Waals surface area contributed by atoms with Crippen LogP contribution in [-0.2, 0) is 14.4 Å². The van der Waals surface area contributed by atoms with Crippen LogP contribution in [0.3, 0.4) is 0 Å². The minimum Gasteiger partial charge on any atom is -0.497 e. The number of Topliss-reactive ketones (excluding diaryl/α,β-unsaturated/α-hetero) is 1. The number of nitrogens with zero attached hydrogens (tertiary/aromatic N) is 2. The van der Waals surface area contributed by atoms with Crippen LogP contribution >= 0.6 is 0 Å². The van der Waals surface area contributed by atoms with E-state index in [2.05, 4.69) is 0 Å². The number of methoxy groups -OCH3 is 1. The Bertz CT molecular complexity index is 1370. The van der Waals surface area contributed by atoms with Crippen molar-refractivity contribution in [3.05, 3.63) is 90.0 Å². The van der Waals surface area contributed by atoms with E-state index >= 15 is 0 Å². The van der Waals surface area contributed by atoms with Crippen LogP contribution in [0.4, 0.5) is 11.4 Å². The molecule has 1 aliphatic heterocycles. The molecule has 37 heavy (non-hydrogen) atoms. The number of aliphatic carboxylic acids is 1. The maximum absolute atomic E-state index is 13.9. The Hall–Kier alpha value is -4.26. The fourth-order valence-corrected chi connectivity index (χ4v) is 5.45. The molecule has 0 radical (unpaired) electrons. The van der Waals surface area contributed by atoms with Crippen LogP contribution in [0, 0.1) is 5.92 Å². The van der Waals surface area contributed by atoms with E-state index in [1.165, 1.54) is 0 Å². The number of ketones is 1. The Balaban J connectivity index is 1.67. The fourth-order valence-electron chi connectivity index (χ4n) is 5.45. The monoisotopic (exact) mass is 496 g/mol. The predicted octanol–water partition coefficient (Wildman–Crippen LogP) is 5.48. The van der Waals surface area contributed by atoms with Crippen LogP contribution in [0.15, 0.2) is 83.9 Å². The number of benzene rings is 3. The van der Waals surface area contributed by atoms with Gasteiger partial charge in [0.15, 0.2) is 0 Å². The van der Waals surface area contributed by atoms with Gasteiger partial charge in [0.2, 0.25) is 5.91 Å². The highest BCUT2D eigenvalue weighted by molar-refractivity contribution is 6.13. The van der Waals surface area contributed by atoms with E-state index in [1.807, 2.05) is 78.9 Å². The van der Waals surface area contributed by atoms with Crippen LogP contribution in [-0.4, -0.2) is 35.6 Å². The van der Waals surface area contributed by atoms with Gasteiger partial charge in [-0.05, 0) is 47.7 Å². The molecule has 1 fully saturated rings. The smallest absolute Gasteiger partial charge is 0.303 e. The van der Waals surface area contributed by atoms with Gasteiger partial charge in [-0.15, -0.1) is 0 Å². The first kappa shape index (κ1) is 24.4. The molecule has 1 heterocycles. The molecule has 0 saturated heterocycles. The predicted molar refractivity (Wildman–Crippen MR) is 141 cm³/mol. The van der Waals surface area contributed by atoms with E-state index in [1.54, 1.807) is 12.0 Å². The molecule has 3 aromatic carbocycles. The van der Waals surface area contributed by atoms with Crippen molar-refractivity contribution in [3.8, 4) is 5.75 Å². The molecule has 2 aliphatic rings. The minimum absolute atomic E-state index is 0.00363. The summed E-state index contributed by atoms with van der Waals surface area (Å²) in [6, 6.07) is 24.0. The number of anilines is 1. The summed E-state index contributed by atoms with van der Waals surface area (Å²) >= 11 is 0. The standard InChI is InChI=1S/C30H28N2O5/c1-37-22-11-7-10-20(16-22)30-29-24(17-21(18-26(29)33)19-8-3-2-4-9-19)31-23-12-5-6-13-25(23)32(30)27(34)14-15-28(35)36/h2-13,16,21,29-30H,14-15,17-18H2,1H3,(H,35,36)/t21-,29-,30+/m1/s1. The number of carboxylic acid groups (broad SMARTS) is 1. The van der Waals surface area contributed by atoms with E-state index in [0.717, 1.165) is 16.8 Å².